The van der Waals surface area contributed by atoms with Crippen LogP contribution in [0.3, 0.4) is 0 Å². The van der Waals surface area contributed by atoms with E-state index in [4.69, 9.17) is 0 Å². The number of amides is 2. The number of allylic oxidation sites excluding steroid dienone is 1. The second kappa shape index (κ2) is 7.35. The largest absolute Gasteiger partial charge is 0.357 e. The Morgan fingerprint density at radius 1 is 1.22 bits per heavy atom. The Balaban J connectivity index is 1.79. The molecule has 2 aliphatic rings. The molecule has 1 atom stereocenters. The van der Waals surface area contributed by atoms with Crippen molar-refractivity contribution in [2.75, 3.05) is 19.8 Å². The van der Waals surface area contributed by atoms with Gasteiger partial charge in [0.05, 0.1) is 14.6 Å². The van der Waals surface area contributed by atoms with Crippen LogP contribution in [0.15, 0.2) is 54.4 Å². The number of carbonyl (C=O) groups excluding carboxylic acids is 2. The van der Waals surface area contributed by atoms with E-state index in [2.05, 4.69) is 25.0 Å². The molecule has 2 amide bonds. The lowest BCUT2D eigenvalue weighted by molar-refractivity contribution is -0.154. The molecule has 3 rings (SSSR count). The molecular weight excluding hydrogens is 354 g/mol. The van der Waals surface area contributed by atoms with Crippen LogP contribution >= 0.6 is 0 Å². The highest BCUT2D eigenvalue weighted by molar-refractivity contribution is 6.76. The zero-order valence-electron chi connectivity index (χ0n) is 16.7. The summed E-state index contributed by atoms with van der Waals surface area (Å²) in [4.78, 5) is 29.8. The number of hydrogen-bond acceptors (Lipinski definition) is 3. The summed E-state index contributed by atoms with van der Waals surface area (Å²) in [6.07, 6.45) is 7.66. The molecule has 0 aromatic heterocycles. The highest BCUT2D eigenvalue weighted by Crippen LogP contribution is 2.29. The van der Waals surface area contributed by atoms with Crippen LogP contribution in [0, 0.1) is 0 Å². The Kier molecular flexibility index (Phi) is 5.28. The van der Waals surface area contributed by atoms with Gasteiger partial charge in [0.2, 0.25) is 11.8 Å². The molecule has 1 aromatic carbocycles. The fraction of sp³-hybridized carbons (Fsp3) is 0.429. The van der Waals surface area contributed by atoms with Crippen molar-refractivity contribution >= 4 is 19.9 Å². The Bertz CT molecular complexity index is 782. The van der Waals surface area contributed by atoms with E-state index >= 15 is 0 Å². The van der Waals surface area contributed by atoms with Crippen molar-refractivity contribution in [1.82, 2.24) is 15.1 Å². The van der Waals surface area contributed by atoms with Gasteiger partial charge in [0.1, 0.15) is 5.54 Å². The molecule has 0 spiro atoms. The van der Waals surface area contributed by atoms with Crippen molar-refractivity contribution < 1.29 is 9.59 Å². The van der Waals surface area contributed by atoms with Gasteiger partial charge in [-0.3, -0.25) is 9.59 Å². The summed E-state index contributed by atoms with van der Waals surface area (Å²) < 4.78 is 0. The van der Waals surface area contributed by atoms with Crippen LogP contribution in [0.4, 0.5) is 0 Å². The van der Waals surface area contributed by atoms with Gasteiger partial charge in [0.15, 0.2) is 0 Å². The van der Waals surface area contributed by atoms with Gasteiger partial charge in [0.25, 0.3) is 0 Å². The number of nitrogens with zero attached hydrogens (tertiary/aromatic N) is 2. The number of nitrogens with one attached hydrogen (secondary N) is 1. The fourth-order valence-corrected chi connectivity index (χ4v) is 5.13. The van der Waals surface area contributed by atoms with Crippen LogP contribution in [-0.4, -0.2) is 55.0 Å². The Morgan fingerprint density at radius 3 is 2.52 bits per heavy atom. The second-order valence-corrected chi connectivity index (χ2v) is 14.3. The van der Waals surface area contributed by atoms with E-state index in [1.165, 1.54) is 0 Å². The first-order valence-electron chi connectivity index (χ1n) is 9.44. The molecule has 0 bridgehead atoms. The Labute approximate surface area is 162 Å². The Hall–Kier alpha value is -2.34. The molecular formula is C21H29N3O2Si. The quantitative estimate of drug-likeness (QED) is 0.607. The molecule has 0 unspecified atom stereocenters. The summed E-state index contributed by atoms with van der Waals surface area (Å²) in [6.45, 7) is 7.34. The minimum atomic E-state index is -1.40. The first-order valence-corrected chi connectivity index (χ1v) is 13.1. The maximum atomic E-state index is 13.1. The fourth-order valence-electron chi connectivity index (χ4n) is 3.73. The maximum Gasteiger partial charge on any atom is 0.250 e. The van der Waals surface area contributed by atoms with Crippen molar-refractivity contribution in [1.29, 1.82) is 0 Å². The molecule has 6 heteroatoms. The lowest BCUT2D eigenvalue weighted by Crippen LogP contribution is -2.76. The predicted octanol–water partition coefficient (Wildman–Crippen LogP) is 2.54. The number of rotatable bonds is 6. The molecule has 1 N–H and O–H groups in total. The smallest absolute Gasteiger partial charge is 0.250 e. The molecule has 1 saturated heterocycles. The first kappa shape index (κ1) is 19.4. The van der Waals surface area contributed by atoms with Crippen molar-refractivity contribution in [3.8, 4) is 0 Å². The third-order valence-electron chi connectivity index (χ3n) is 4.85. The third-order valence-corrected chi connectivity index (χ3v) is 6.18. The first-order chi connectivity index (χ1) is 12.7. The Morgan fingerprint density at radius 2 is 1.93 bits per heavy atom. The number of hydrogen-bond donors (Lipinski definition) is 1. The normalized spacial score (nSPS) is 22.4. The van der Waals surface area contributed by atoms with Crippen LogP contribution in [-0.2, 0) is 16.0 Å². The van der Waals surface area contributed by atoms with Gasteiger partial charge in [-0.25, -0.2) is 0 Å². The highest BCUT2D eigenvalue weighted by Gasteiger charge is 2.53. The molecule has 5 nitrogen and oxygen atoms in total. The lowest BCUT2D eigenvalue weighted by atomic mass is 9.82. The molecule has 2 heterocycles. The van der Waals surface area contributed by atoms with Crippen molar-refractivity contribution in [2.45, 2.75) is 38.0 Å². The van der Waals surface area contributed by atoms with Gasteiger partial charge in [-0.05, 0) is 18.2 Å². The van der Waals surface area contributed by atoms with Gasteiger partial charge in [-0.2, -0.15) is 0 Å². The molecule has 1 aromatic rings. The summed E-state index contributed by atoms with van der Waals surface area (Å²) in [5.41, 5.74) is 0.913. The van der Waals surface area contributed by atoms with Crippen LogP contribution in [0.5, 0.6) is 0 Å². The van der Waals surface area contributed by atoms with Gasteiger partial charge in [-0.1, -0.05) is 56.0 Å². The molecule has 27 heavy (non-hydrogen) atoms. The SMILES string of the molecule is CN1C=CCC(C(=O)N[C@]2(Cc3ccccc3)CN(C[Si](C)(C)C)C2=O)=C1. The van der Waals surface area contributed by atoms with E-state index in [-0.39, 0.29) is 11.8 Å². The summed E-state index contributed by atoms with van der Waals surface area (Å²) in [5.74, 6) is -0.106. The summed E-state index contributed by atoms with van der Waals surface area (Å²) in [6, 6.07) is 9.93. The minimum absolute atomic E-state index is 0.0439. The number of carbonyl (C=O) groups is 2. The average molecular weight is 384 g/mol. The van der Waals surface area contributed by atoms with E-state index < -0.39 is 13.6 Å². The average Bonchev–Trinajstić information content (AvgIpc) is 2.60. The molecule has 0 radical (unpaired) electrons. The predicted molar refractivity (Wildman–Crippen MR) is 111 cm³/mol. The molecule has 0 aliphatic carbocycles. The topological polar surface area (TPSA) is 52.7 Å². The van der Waals surface area contributed by atoms with Crippen molar-refractivity contribution in [3.63, 3.8) is 0 Å². The summed E-state index contributed by atoms with van der Waals surface area (Å²) >= 11 is 0. The highest BCUT2D eigenvalue weighted by atomic mass is 28.3. The van der Waals surface area contributed by atoms with Crippen molar-refractivity contribution in [2.24, 2.45) is 0 Å². The van der Waals surface area contributed by atoms with Gasteiger partial charge in [0, 0.05) is 31.4 Å². The number of likely N-dealkylation sites (tertiary alicyclic amines) is 1. The van der Waals surface area contributed by atoms with Crippen LogP contribution < -0.4 is 5.32 Å². The van der Waals surface area contributed by atoms with Gasteiger partial charge >= 0.3 is 0 Å². The molecule has 1 fully saturated rings. The zero-order valence-corrected chi connectivity index (χ0v) is 17.7. The molecule has 144 valence electrons. The monoisotopic (exact) mass is 383 g/mol. The van der Waals surface area contributed by atoms with Crippen LogP contribution in [0.2, 0.25) is 19.6 Å². The van der Waals surface area contributed by atoms with Crippen molar-refractivity contribution in [3.05, 3.63) is 59.9 Å². The van der Waals surface area contributed by atoms with E-state index in [1.54, 1.807) is 0 Å². The van der Waals surface area contributed by atoms with E-state index in [0.29, 0.717) is 25.0 Å². The van der Waals surface area contributed by atoms with Crippen LogP contribution in [0.1, 0.15) is 12.0 Å². The standard InChI is InChI=1S/C21H29N3O2Si/c1-23-12-8-11-18(14-23)19(25)22-21(13-17-9-6-5-7-10-17)15-24(20(21)26)16-27(2,3)4/h5-10,12,14H,11,13,15-16H2,1-4H3,(H,22,25)/t21-/m1/s1. The summed E-state index contributed by atoms with van der Waals surface area (Å²) in [7, 11) is 0.493. The molecule has 2 aliphatic heterocycles. The number of benzene rings is 1. The van der Waals surface area contributed by atoms with Crippen LogP contribution in [0.25, 0.3) is 0 Å². The summed E-state index contributed by atoms with van der Waals surface area (Å²) in [5, 5.41) is 3.09. The van der Waals surface area contributed by atoms with Gasteiger partial charge in [-0.15, -0.1) is 0 Å². The van der Waals surface area contributed by atoms with Gasteiger partial charge < -0.3 is 15.1 Å². The second-order valence-electron chi connectivity index (χ2n) is 8.83. The zero-order chi connectivity index (χ0) is 19.7. The van der Waals surface area contributed by atoms with E-state index in [0.717, 1.165) is 11.7 Å². The molecule has 0 saturated carbocycles. The third kappa shape index (κ3) is 4.50. The van der Waals surface area contributed by atoms with E-state index in [1.807, 2.05) is 65.7 Å². The minimum Gasteiger partial charge on any atom is -0.357 e. The lowest BCUT2D eigenvalue weighted by Gasteiger charge is -2.51. The number of β-lactam (4-membered cyclic amide) rings is 1. The maximum absolute atomic E-state index is 13.1. The van der Waals surface area contributed by atoms with E-state index in [9.17, 15) is 9.59 Å².